The van der Waals surface area contributed by atoms with Crippen molar-refractivity contribution in [1.82, 2.24) is 20.1 Å². The van der Waals surface area contributed by atoms with E-state index in [9.17, 15) is 14.4 Å². The third-order valence-electron chi connectivity index (χ3n) is 11.8. The van der Waals surface area contributed by atoms with Gasteiger partial charge in [-0.15, -0.1) is 11.3 Å². The van der Waals surface area contributed by atoms with Crippen LogP contribution in [-0.4, -0.2) is 88.7 Å². The van der Waals surface area contributed by atoms with Crippen molar-refractivity contribution in [2.45, 2.75) is 96.4 Å². The molecular formula is C39H55N5O3S2. The lowest BCUT2D eigenvalue weighted by Crippen LogP contribution is -2.55. The lowest BCUT2D eigenvalue weighted by molar-refractivity contribution is -0.143. The quantitative estimate of drug-likeness (QED) is 0.199. The summed E-state index contributed by atoms with van der Waals surface area (Å²) >= 11 is 3.31. The number of aromatic amines is 1. The molecule has 2 aliphatic heterocycles. The third kappa shape index (κ3) is 7.00. The molecular weight excluding hydrogens is 651 g/mol. The van der Waals surface area contributed by atoms with Gasteiger partial charge in [-0.25, -0.2) is 0 Å². The number of hydrogen-bond acceptors (Lipinski definition) is 7. The van der Waals surface area contributed by atoms with Gasteiger partial charge in [0.2, 0.25) is 11.8 Å². The summed E-state index contributed by atoms with van der Waals surface area (Å²) in [4.78, 5) is 50.4. The minimum absolute atomic E-state index is 0.0535. The highest BCUT2D eigenvalue weighted by molar-refractivity contribution is 7.99. The number of aromatic nitrogens is 1. The van der Waals surface area contributed by atoms with Crippen LogP contribution in [0.4, 0.5) is 0 Å². The number of nitrogens with one attached hydrogen (secondary N) is 2. The number of primary amides is 1. The highest BCUT2D eigenvalue weighted by Gasteiger charge is 2.50. The summed E-state index contributed by atoms with van der Waals surface area (Å²) < 4.78 is 0. The van der Waals surface area contributed by atoms with Gasteiger partial charge in [-0.05, 0) is 128 Å². The molecule has 8 nitrogen and oxygen atoms in total. The second kappa shape index (κ2) is 14.5. The van der Waals surface area contributed by atoms with Crippen LogP contribution in [0.1, 0.15) is 74.9 Å². The fourth-order valence-electron chi connectivity index (χ4n) is 8.91. The monoisotopic (exact) mass is 705 g/mol. The van der Waals surface area contributed by atoms with Crippen molar-refractivity contribution >= 4 is 50.9 Å². The van der Waals surface area contributed by atoms with Crippen molar-refractivity contribution in [2.75, 3.05) is 39.0 Å². The van der Waals surface area contributed by atoms with Crippen LogP contribution in [0, 0.1) is 31.6 Å². The maximum Gasteiger partial charge on any atom is 0.241 e. The fraction of sp³-hybridized carbons (Fsp3) is 0.615. The molecule has 2 bridgehead atoms. The van der Waals surface area contributed by atoms with Crippen molar-refractivity contribution in [3.63, 3.8) is 0 Å². The first-order valence-corrected chi connectivity index (χ1v) is 20.3. The Hall–Kier alpha value is -2.66. The smallest absolute Gasteiger partial charge is 0.241 e. The molecule has 2 saturated heterocycles. The minimum Gasteiger partial charge on any atom is -0.368 e. The van der Waals surface area contributed by atoms with Gasteiger partial charge in [0.05, 0.1) is 11.1 Å². The number of H-pyrrole nitrogens is 1. The van der Waals surface area contributed by atoms with Crippen LogP contribution in [0.5, 0.6) is 0 Å². The van der Waals surface area contributed by atoms with Gasteiger partial charge in [0.15, 0.2) is 0 Å². The summed E-state index contributed by atoms with van der Waals surface area (Å²) in [6.45, 7) is 16.5. The molecule has 0 radical (unpaired) electrons. The summed E-state index contributed by atoms with van der Waals surface area (Å²) in [6, 6.07) is 8.78. The number of aryl methyl sites for hydroxylation is 2. The van der Waals surface area contributed by atoms with E-state index in [2.05, 4.69) is 67.2 Å². The zero-order chi connectivity index (χ0) is 35.2. The summed E-state index contributed by atoms with van der Waals surface area (Å²) in [5.41, 5.74) is 11.4. The first kappa shape index (κ1) is 36.1. The van der Waals surface area contributed by atoms with Crippen LogP contribution in [-0.2, 0) is 26.2 Å². The predicted molar refractivity (Wildman–Crippen MR) is 203 cm³/mol. The predicted octanol–water partition coefficient (Wildman–Crippen LogP) is 6.07. The van der Waals surface area contributed by atoms with Crippen LogP contribution >= 0.6 is 23.1 Å². The number of Topliss-reactive ketones (excluding diaryl/α,β-unsaturated/α-hetero) is 1. The van der Waals surface area contributed by atoms with Gasteiger partial charge in [-0.2, -0.15) is 11.8 Å². The van der Waals surface area contributed by atoms with Crippen LogP contribution in [0.2, 0.25) is 0 Å². The fourth-order valence-corrected chi connectivity index (χ4v) is 10.6. The third-order valence-corrected chi connectivity index (χ3v) is 14.1. The van der Waals surface area contributed by atoms with Crippen molar-refractivity contribution in [3.8, 4) is 11.3 Å². The lowest BCUT2D eigenvalue weighted by Gasteiger charge is -2.37. The molecule has 2 amide bonds. The van der Waals surface area contributed by atoms with Crippen LogP contribution in [0.15, 0.2) is 24.3 Å². The normalized spacial score (nSPS) is 22.9. The lowest BCUT2D eigenvalue weighted by atomic mass is 9.76. The van der Waals surface area contributed by atoms with Gasteiger partial charge in [-0.3, -0.25) is 14.4 Å². The molecule has 0 spiro atoms. The standard InChI is InChI=1S/C39H55N5O3S2/c1-8-44(34(36(40)46)24(4)48-7)38(47)25-11-14-43(15-12-25)16-13-28-29-20-31(39(5,6)35(45)32-26-9-10-30(32)41-21-26)49-37(29)42-33(28)27-18-22(2)17-23(3)19-27/h17-20,24-26,30,32,34,41-42H,8-16,21H2,1-7H3,(H2,40,46). The Bertz CT molecular complexity index is 1660. The van der Waals surface area contributed by atoms with Gasteiger partial charge in [0.25, 0.3) is 0 Å². The molecule has 3 fully saturated rings. The van der Waals surface area contributed by atoms with Gasteiger partial charge < -0.3 is 25.8 Å². The van der Waals surface area contributed by atoms with E-state index in [4.69, 9.17) is 5.73 Å². The molecule has 49 heavy (non-hydrogen) atoms. The molecule has 4 heterocycles. The highest BCUT2D eigenvalue weighted by Crippen LogP contribution is 2.45. The number of ketones is 1. The number of rotatable bonds is 13. The second-order valence-electron chi connectivity index (χ2n) is 15.4. The first-order chi connectivity index (χ1) is 23.3. The van der Waals surface area contributed by atoms with Crippen molar-refractivity contribution in [3.05, 3.63) is 45.8 Å². The number of nitrogens with zero attached hydrogens (tertiary/aromatic N) is 2. The molecule has 6 rings (SSSR count). The number of carbonyl (C=O) groups excluding carboxylic acids is 3. The van der Waals surface area contributed by atoms with E-state index in [-0.39, 0.29) is 23.0 Å². The maximum atomic E-state index is 14.1. The molecule has 1 saturated carbocycles. The number of fused-ring (bicyclic) bond motifs is 3. The van der Waals surface area contributed by atoms with Crippen LogP contribution < -0.4 is 11.1 Å². The highest BCUT2D eigenvalue weighted by atomic mass is 32.2. The molecule has 3 aromatic rings. The Balaban J connectivity index is 1.21. The minimum atomic E-state index is -0.592. The van der Waals surface area contributed by atoms with E-state index in [1.807, 2.05) is 20.1 Å². The largest absolute Gasteiger partial charge is 0.368 e. The Labute approximate surface area is 300 Å². The maximum absolute atomic E-state index is 14.1. The second-order valence-corrected chi connectivity index (χ2v) is 17.6. The number of likely N-dealkylation sites (tertiary alicyclic amines) is 1. The van der Waals surface area contributed by atoms with Crippen LogP contribution in [0.25, 0.3) is 21.5 Å². The first-order valence-electron chi connectivity index (χ1n) is 18.2. The molecule has 4 N–H and O–H groups in total. The average Bonchev–Trinajstić information content (AvgIpc) is 3.85. The van der Waals surface area contributed by atoms with Crippen molar-refractivity contribution in [2.24, 2.45) is 23.5 Å². The van der Waals surface area contributed by atoms with E-state index in [1.165, 1.54) is 33.3 Å². The van der Waals surface area contributed by atoms with Crippen LogP contribution in [0.3, 0.4) is 0 Å². The molecule has 266 valence electrons. The van der Waals surface area contributed by atoms with Crippen molar-refractivity contribution in [1.29, 1.82) is 0 Å². The number of hydrogen-bond donors (Lipinski definition) is 3. The molecule has 5 atom stereocenters. The molecule has 1 aliphatic carbocycles. The topological polar surface area (TPSA) is 112 Å². The summed E-state index contributed by atoms with van der Waals surface area (Å²) in [7, 11) is 0. The van der Waals surface area contributed by atoms with E-state index < -0.39 is 17.4 Å². The van der Waals surface area contributed by atoms with Crippen molar-refractivity contribution < 1.29 is 14.4 Å². The number of nitrogens with two attached hydrogens (primary N) is 1. The summed E-state index contributed by atoms with van der Waals surface area (Å²) in [6.07, 6.45) is 6.65. The number of amides is 2. The zero-order valence-electron chi connectivity index (χ0n) is 30.4. The summed E-state index contributed by atoms with van der Waals surface area (Å²) in [5.74, 6) is 0.506. The summed E-state index contributed by atoms with van der Waals surface area (Å²) in [5, 5.41) is 4.76. The molecule has 10 heteroatoms. The average molecular weight is 706 g/mol. The number of thiophene rings is 1. The van der Waals surface area contributed by atoms with E-state index in [1.54, 1.807) is 28.0 Å². The molecule has 5 unspecified atom stereocenters. The molecule has 2 aromatic heterocycles. The molecule has 1 aromatic carbocycles. The van der Waals surface area contributed by atoms with Gasteiger partial charge >= 0.3 is 0 Å². The number of carbonyl (C=O) groups is 3. The number of likely N-dealkylation sites (N-methyl/N-ethyl adjacent to an activating group) is 1. The number of benzene rings is 1. The number of piperidine rings is 2. The Morgan fingerprint density at radius 2 is 1.78 bits per heavy atom. The SMILES string of the molecule is CCN(C(=O)C1CCN(CCc2c(-c3cc(C)cc(C)c3)[nH]c3sc(C(C)(C)C(=O)C4C5CCC4NC5)cc23)CC1)C(C(N)=O)C(C)SC. The Morgan fingerprint density at radius 3 is 2.33 bits per heavy atom. The Kier molecular flexibility index (Phi) is 10.7. The number of thioether (sulfide) groups is 1. The van der Waals surface area contributed by atoms with E-state index in [0.29, 0.717) is 24.3 Å². The van der Waals surface area contributed by atoms with E-state index in [0.717, 1.165) is 68.0 Å². The van der Waals surface area contributed by atoms with Gasteiger partial charge in [-0.1, -0.05) is 24.1 Å². The molecule has 3 aliphatic rings. The van der Waals surface area contributed by atoms with Gasteiger partial charge in [0.1, 0.15) is 16.7 Å². The van der Waals surface area contributed by atoms with Gasteiger partial charge in [0, 0.05) is 46.5 Å². The van der Waals surface area contributed by atoms with E-state index >= 15 is 0 Å². The zero-order valence-corrected chi connectivity index (χ0v) is 32.0. The Morgan fingerprint density at radius 1 is 1.08 bits per heavy atom.